The van der Waals surface area contributed by atoms with Crippen LogP contribution in [0.25, 0.3) is 0 Å². The van der Waals surface area contributed by atoms with Gasteiger partial charge in [0.15, 0.2) is 6.04 Å². The first kappa shape index (κ1) is 17.4. The van der Waals surface area contributed by atoms with Crippen molar-refractivity contribution in [3.8, 4) is 0 Å². The van der Waals surface area contributed by atoms with Gasteiger partial charge in [-0.1, -0.05) is 0 Å². The Balaban J connectivity index is 3.98. The minimum atomic E-state index is -1.36. The van der Waals surface area contributed by atoms with Crippen LogP contribution in [-0.2, 0) is 19.1 Å². The molecule has 7 heteroatoms. The average Bonchev–Trinajstić information content (AvgIpc) is 2.25. The zero-order valence-corrected chi connectivity index (χ0v) is 11.9. The number of amides is 2. The molecule has 0 spiro atoms. The van der Waals surface area contributed by atoms with Crippen LogP contribution in [0.3, 0.4) is 0 Å². The first-order chi connectivity index (χ1) is 8.67. The number of esters is 1. The zero-order valence-electron chi connectivity index (χ0n) is 11.9. The van der Waals surface area contributed by atoms with E-state index in [1.54, 1.807) is 6.92 Å². The molecule has 110 valence electrons. The van der Waals surface area contributed by atoms with Crippen molar-refractivity contribution in [3.05, 3.63) is 0 Å². The summed E-state index contributed by atoms with van der Waals surface area (Å²) in [7, 11) is 0. The van der Waals surface area contributed by atoms with Gasteiger partial charge in [0, 0.05) is 18.5 Å². The number of hydrogen-bond acceptors (Lipinski definition) is 5. The van der Waals surface area contributed by atoms with Crippen molar-refractivity contribution in [1.29, 1.82) is 0 Å². The van der Waals surface area contributed by atoms with Crippen molar-refractivity contribution in [2.45, 2.75) is 45.7 Å². The molecule has 0 aliphatic carbocycles. The van der Waals surface area contributed by atoms with Crippen LogP contribution in [0.4, 0.5) is 0 Å². The largest absolute Gasteiger partial charge is 0.464 e. The van der Waals surface area contributed by atoms with Gasteiger partial charge in [-0.05, 0) is 27.7 Å². The number of carbonyl (C=O) groups is 3. The van der Waals surface area contributed by atoms with Gasteiger partial charge in [-0.2, -0.15) is 0 Å². The van der Waals surface area contributed by atoms with Gasteiger partial charge in [-0.3, -0.25) is 9.59 Å². The smallest absolute Gasteiger partial charge is 0.332 e. The number of rotatable bonds is 6. The predicted molar refractivity (Wildman–Crippen MR) is 70.1 cm³/mol. The lowest BCUT2D eigenvalue weighted by atomic mass is 10.1. The molecule has 0 heterocycles. The second kappa shape index (κ2) is 7.73. The van der Waals surface area contributed by atoms with Crippen molar-refractivity contribution in [2.75, 3.05) is 13.2 Å². The minimum Gasteiger partial charge on any atom is -0.464 e. The molecule has 0 saturated heterocycles. The molecule has 0 aromatic rings. The quantitative estimate of drug-likeness (QED) is 0.438. The van der Waals surface area contributed by atoms with Crippen molar-refractivity contribution in [1.82, 2.24) is 10.6 Å². The summed E-state index contributed by atoms with van der Waals surface area (Å²) < 4.78 is 4.61. The molecule has 0 rings (SSSR count). The second-order valence-corrected chi connectivity index (χ2v) is 5.07. The van der Waals surface area contributed by atoms with E-state index in [1.807, 2.05) is 20.8 Å². The molecule has 2 amide bonds. The molecule has 0 fully saturated rings. The Kier molecular flexibility index (Phi) is 7.06. The molecule has 0 saturated carbocycles. The molecular formula is C12H23N3O4. The highest BCUT2D eigenvalue weighted by Gasteiger charge is 2.23. The molecule has 19 heavy (non-hydrogen) atoms. The van der Waals surface area contributed by atoms with E-state index in [0.717, 1.165) is 0 Å². The third-order valence-corrected chi connectivity index (χ3v) is 1.99. The maximum atomic E-state index is 11.5. The predicted octanol–water partition coefficient (Wildman–Crippen LogP) is -0.702. The summed E-state index contributed by atoms with van der Waals surface area (Å²) in [6.45, 7) is 7.49. The lowest BCUT2D eigenvalue weighted by molar-refractivity contribution is -0.147. The fourth-order valence-corrected chi connectivity index (χ4v) is 1.23. The molecule has 4 N–H and O–H groups in total. The van der Waals surface area contributed by atoms with E-state index in [9.17, 15) is 14.4 Å². The van der Waals surface area contributed by atoms with Gasteiger partial charge in [0.25, 0.3) is 0 Å². The Morgan fingerprint density at radius 1 is 1.26 bits per heavy atom. The Morgan fingerprint density at radius 3 is 2.32 bits per heavy atom. The van der Waals surface area contributed by atoms with Crippen LogP contribution < -0.4 is 16.4 Å². The van der Waals surface area contributed by atoms with Crippen molar-refractivity contribution >= 4 is 17.8 Å². The lowest BCUT2D eigenvalue weighted by Gasteiger charge is -2.20. The summed E-state index contributed by atoms with van der Waals surface area (Å²) in [5.74, 6) is -1.61. The van der Waals surface area contributed by atoms with Crippen LogP contribution in [-0.4, -0.2) is 42.5 Å². The summed E-state index contributed by atoms with van der Waals surface area (Å²) in [5.41, 5.74) is 5.06. The molecule has 0 radical (unpaired) electrons. The van der Waals surface area contributed by atoms with Crippen molar-refractivity contribution < 1.29 is 19.1 Å². The zero-order chi connectivity index (χ0) is 15.1. The summed E-state index contributed by atoms with van der Waals surface area (Å²) in [6.07, 6.45) is 0.124. The highest BCUT2D eigenvalue weighted by atomic mass is 16.5. The highest BCUT2D eigenvalue weighted by molar-refractivity contribution is 6.01. The van der Waals surface area contributed by atoms with Gasteiger partial charge < -0.3 is 21.1 Å². The maximum Gasteiger partial charge on any atom is 0.332 e. The number of ether oxygens (including phenoxy) is 1. The standard InChI is InChI=1S/C12H23N3O4/c1-5-19-11(18)9(13)10(17)14-7-6-8(16)15-12(2,3)4/h9H,5-7,13H2,1-4H3,(H,14,17)(H,15,16). The van der Waals surface area contributed by atoms with Crippen LogP contribution in [0.5, 0.6) is 0 Å². The molecule has 1 unspecified atom stereocenters. The Labute approximate surface area is 113 Å². The van der Waals surface area contributed by atoms with E-state index < -0.39 is 17.9 Å². The fourth-order valence-electron chi connectivity index (χ4n) is 1.23. The average molecular weight is 273 g/mol. The normalized spacial score (nSPS) is 12.5. The van der Waals surface area contributed by atoms with Crippen molar-refractivity contribution in [3.63, 3.8) is 0 Å². The van der Waals surface area contributed by atoms with Crippen LogP contribution in [0.15, 0.2) is 0 Å². The van der Waals surface area contributed by atoms with Crippen LogP contribution in [0, 0.1) is 0 Å². The first-order valence-electron chi connectivity index (χ1n) is 6.18. The number of carbonyl (C=O) groups excluding carboxylic acids is 3. The Morgan fingerprint density at radius 2 is 1.84 bits per heavy atom. The molecule has 0 aliphatic rings. The van der Waals surface area contributed by atoms with E-state index in [1.165, 1.54) is 0 Å². The van der Waals surface area contributed by atoms with Gasteiger partial charge in [0.05, 0.1) is 6.61 Å². The molecule has 7 nitrogen and oxygen atoms in total. The highest BCUT2D eigenvalue weighted by Crippen LogP contribution is 1.98. The molecule has 0 aliphatic heterocycles. The molecule has 1 atom stereocenters. The van der Waals surface area contributed by atoms with Gasteiger partial charge in [-0.15, -0.1) is 0 Å². The maximum absolute atomic E-state index is 11.5. The summed E-state index contributed by atoms with van der Waals surface area (Å²) in [4.78, 5) is 34.1. The third kappa shape index (κ3) is 8.15. The van der Waals surface area contributed by atoms with E-state index in [0.29, 0.717) is 0 Å². The minimum absolute atomic E-state index is 0.119. The molecule has 0 bridgehead atoms. The van der Waals surface area contributed by atoms with Gasteiger partial charge >= 0.3 is 5.97 Å². The number of nitrogens with two attached hydrogens (primary N) is 1. The van der Waals surface area contributed by atoms with Crippen LogP contribution >= 0.6 is 0 Å². The van der Waals surface area contributed by atoms with Gasteiger partial charge in [0.1, 0.15) is 0 Å². The monoisotopic (exact) mass is 273 g/mol. The molecule has 0 aromatic carbocycles. The summed E-state index contributed by atoms with van der Waals surface area (Å²) >= 11 is 0. The Bertz CT molecular complexity index is 336. The second-order valence-electron chi connectivity index (χ2n) is 5.07. The lowest BCUT2D eigenvalue weighted by Crippen LogP contribution is -2.48. The van der Waals surface area contributed by atoms with Crippen molar-refractivity contribution in [2.24, 2.45) is 5.73 Å². The van der Waals surface area contributed by atoms with E-state index in [4.69, 9.17) is 5.73 Å². The van der Waals surface area contributed by atoms with Gasteiger partial charge in [-0.25, -0.2) is 4.79 Å². The van der Waals surface area contributed by atoms with E-state index in [-0.39, 0.29) is 31.0 Å². The number of nitrogens with one attached hydrogen (secondary N) is 2. The SMILES string of the molecule is CCOC(=O)C(N)C(=O)NCCC(=O)NC(C)(C)C. The molecule has 0 aromatic heterocycles. The summed E-state index contributed by atoms with van der Waals surface area (Å²) in [6, 6.07) is -1.36. The summed E-state index contributed by atoms with van der Waals surface area (Å²) in [5, 5.41) is 5.16. The van der Waals surface area contributed by atoms with Gasteiger partial charge in [0.2, 0.25) is 11.8 Å². The first-order valence-corrected chi connectivity index (χ1v) is 6.18. The third-order valence-electron chi connectivity index (χ3n) is 1.99. The fraction of sp³-hybridized carbons (Fsp3) is 0.750. The van der Waals surface area contributed by atoms with Crippen LogP contribution in [0.2, 0.25) is 0 Å². The van der Waals surface area contributed by atoms with Crippen LogP contribution in [0.1, 0.15) is 34.1 Å². The molecular weight excluding hydrogens is 250 g/mol. The Hall–Kier alpha value is -1.63. The topological polar surface area (TPSA) is 111 Å². The van der Waals surface area contributed by atoms with E-state index in [2.05, 4.69) is 15.4 Å². The van der Waals surface area contributed by atoms with E-state index >= 15 is 0 Å². The number of hydrogen-bond donors (Lipinski definition) is 3.